The smallest absolute Gasteiger partial charge is 0.0356 e. The van der Waals surface area contributed by atoms with Crippen molar-refractivity contribution in [2.45, 2.75) is 90.9 Å². The van der Waals surface area contributed by atoms with E-state index in [1.807, 2.05) is 0 Å². The Morgan fingerprint density at radius 3 is 1.65 bits per heavy atom. The van der Waals surface area contributed by atoms with Crippen LogP contribution in [0.1, 0.15) is 67.2 Å². The van der Waals surface area contributed by atoms with Crippen molar-refractivity contribution >= 4 is 0 Å². The Bertz CT molecular complexity index is 343. The minimum absolute atomic E-state index is 0.360. The zero-order chi connectivity index (χ0) is 14.7. The van der Waals surface area contributed by atoms with Gasteiger partial charge in [0.05, 0.1) is 0 Å². The summed E-state index contributed by atoms with van der Waals surface area (Å²) in [5.74, 6) is 0.940. The van der Waals surface area contributed by atoms with Gasteiger partial charge in [-0.15, -0.1) is 0 Å². The Balaban J connectivity index is 1.62. The maximum Gasteiger partial charge on any atom is 0.0356 e. The minimum atomic E-state index is 0.360. The van der Waals surface area contributed by atoms with E-state index in [9.17, 15) is 0 Å². The average Bonchev–Trinajstić information content (AvgIpc) is 2.47. The summed E-state index contributed by atoms with van der Waals surface area (Å²) >= 11 is 0. The molecule has 2 atom stereocenters. The molecule has 0 N–H and O–H groups in total. The van der Waals surface area contributed by atoms with E-state index in [1.165, 1.54) is 38.8 Å². The molecule has 0 aromatic heterocycles. The third-order valence-corrected chi connectivity index (χ3v) is 6.25. The fourth-order valence-electron chi connectivity index (χ4n) is 4.71. The molecule has 0 spiro atoms. The molecule has 3 saturated heterocycles. The first-order valence-electron chi connectivity index (χ1n) is 8.69. The lowest BCUT2D eigenvalue weighted by Gasteiger charge is -2.56. The summed E-state index contributed by atoms with van der Waals surface area (Å²) in [5, 5.41) is 0. The van der Waals surface area contributed by atoms with Crippen LogP contribution in [0.3, 0.4) is 0 Å². The Hall–Kier alpha value is -0.0800. The molecule has 3 aliphatic rings. The zero-order valence-electron chi connectivity index (χ0n) is 14.4. The number of hydrogen-bond acceptors (Lipinski definition) is 2. The highest BCUT2D eigenvalue weighted by molar-refractivity contribution is 5.05. The maximum atomic E-state index is 2.94. The van der Waals surface area contributed by atoms with Crippen molar-refractivity contribution in [3.8, 4) is 0 Å². The van der Waals surface area contributed by atoms with Crippen molar-refractivity contribution in [1.82, 2.24) is 9.80 Å². The van der Waals surface area contributed by atoms with Gasteiger partial charge in [-0.1, -0.05) is 20.8 Å². The first kappa shape index (κ1) is 14.8. The minimum Gasteiger partial charge on any atom is -0.295 e. The van der Waals surface area contributed by atoms with Crippen LogP contribution in [-0.2, 0) is 0 Å². The lowest BCUT2D eigenvalue weighted by Crippen LogP contribution is -2.67. The van der Waals surface area contributed by atoms with Crippen LogP contribution in [0.25, 0.3) is 0 Å². The van der Waals surface area contributed by atoms with Gasteiger partial charge in [0.15, 0.2) is 0 Å². The second kappa shape index (κ2) is 4.71. The van der Waals surface area contributed by atoms with Crippen LogP contribution < -0.4 is 0 Å². The molecule has 2 unspecified atom stereocenters. The SMILES string of the molecule is CC(C)(C)C1CC2CCC(C1)N2C1CN(C(C)(C)C)C1. The van der Waals surface area contributed by atoms with Crippen LogP contribution >= 0.6 is 0 Å². The number of hydrogen-bond donors (Lipinski definition) is 0. The number of nitrogens with zero attached hydrogens (tertiary/aromatic N) is 2. The number of rotatable bonds is 1. The standard InChI is InChI=1S/C18H34N2/c1-17(2,3)13-9-14-7-8-15(10-13)20(14)16-11-19(12-16)18(4,5)6/h13-16H,7-12H2,1-6H3. The number of fused-ring (bicyclic) bond motifs is 2. The monoisotopic (exact) mass is 278 g/mol. The predicted octanol–water partition coefficient (Wildman–Crippen LogP) is 3.76. The van der Waals surface area contributed by atoms with E-state index < -0.39 is 0 Å². The molecule has 2 nitrogen and oxygen atoms in total. The summed E-state index contributed by atoms with van der Waals surface area (Å²) in [6.45, 7) is 17.0. The van der Waals surface area contributed by atoms with Gasteiger partial charge in [0.1, 0.15) is 0 Å². The van der Waals surface area contributed by atoms with E-state index in [1.54, 1.807) is 0 Å². The number of likely N-dealkylation sites (tertiary alicyclic amines) is 1. The molecule has 0 amide bonds. The lowest BCUT2D eigenvalue weighted by atomic mass is 9.72. The topological polar surface area (TPSA) is 6.48 Å². The molecule has 0 aliphatic carbocycles. The Morgan fingerprint density at radius 1 is 0.750 bits per heavy atom. The van der Waals surface area contributed by atoms with Gasteiger partial charge in [-0.2, -0.15) is 0 Å². The van der Waals surface area contributed by atoms with Crippen molar-refractivity contribution in [1.29, 1.82) is 0 Å². The molecule has 3 fully saturated rings. The van der Waals surface area contributed by atoms with Gasteiger partial charge < -0.3 is 0 Å². The van der Waals surface area contributed by atoms with Crippen molar-refractivity contribution < 1.29 is 0 Å². The molecule has 3 heterocycles. The molecular weight excluding hydrogens is 244 g/mol. The molecule has 0 radical (unpaired) electrons. The highest BCUT2D eigenvalue weighted by atomic mass is 15.4. The Labute approximate surface area is 125 Å². The van der Waals surface area contributed by atoms with Crippen LogP contribution in [0.4, 0.5) is 0 Å². The van der Waals surface area contributed by atoms with E-state index in [4.69, 9.17) is 0 Å². The molecule has 0 saturated carbocycles. The average molecular weight is 278 g/mol. The predicted molar refractivity (Wildman–Crippen MR) is 85.9 cm³/mol. The highest BCUT2D eigenvalue weighted by Crippen LogP contribution is 2.47. The lowest BCUT2D eigenvalue weighted by molar-refractivity contribution is -0.0674. The largest absolute Gasteiger partial charge is 0.295 e. The molecule has 116 valence electrons. The van der Waals surface area contributed by atoms with Crippen molar-refractivity contribution in [2.75, 3.05) is 13.1 Å². The third kappa shape index (κ3) is 2.54. The fourth-order valence-corrected chi connectivity index (χ4v) is 4.71. The second-order valence-electron chi connectivity index (χ2n) is 9.60. The number of piperidine rings is 1. The third-order valence-electron chi connectivity index (χ3n) is 6.25. The maximum absolute atomic E-state index is 2.94. The van der Waals surface area contributed by atoms with Crippen LogP contribution in [0.5, 0.6) is 0 Å². The van der Waals surface area contributed by atoms with Crippen molar-refractivity contribution in [3.63, 3.8) is 0 Å². The van der Waals surface area contributed by atoms with E-state index in [0.717, 1.165) is 24.0 Å². The van der Waals surface area contributed by atoms with Crippen LogP contribution in [-0.4, -0.2) is 46.6 Å². The van der Waals surface area contributed by atoms with Gasteiger partial charge in [0, 0.05) is 36.8 Å². The van der Waals surface area contributed by atoms with Crippen LogP contribution in [0, 0.1) is 11.3 Å². The summed E-state index contributed by atoms with van der Waals surface area (Å²) in [6, 6.07) is 2.64. The van der Waals surface area contributed by atoms with Gasteiger partial charge in [0.2, 0.25) is 0 Å². The summed E-state index contributed by atoms with van der Waals surface area (Å²) < 4.78 is 0. The fraction of sp³-hybridized carbons (Fsp3) is 1.00. The molecule has 3 rings (SSSR count). The van der Waals surface area contributed by atoms with Gasteiger partial charge in [-0.25, -0.2) is 0 Å². The molecule has 20 heavy (non-hydrogen) atoms. The summed E-state index contributed by atoms with van der Waals surface area (Å²) in [7, 11) is 0. The van der Waals surface area contributed by atoms with Crippen molar-refractivity contribution in [2.24, 2.45) is 11.3 Å². The quantitative estimate of drug-likeness (QED) is 0.720. The second-order valence-corrected chi connectivity index (χ2v) is 9.60. The molecule has 2 bridgehead atoms. The molecular formula is C18H34N2. The molecule has 3 aliphatic heterocycles. The Morgan fingerprint density at radius 2 is 1.25 bits per heavy atom. The van der Waals surface area contributed by atoms with Crippen LogP contribution in [0.15, 0.2) is 0 Å². The summed E-state index contributed by atoms with van der Waals surface area (Å²) in [5.41, 5.74) is 0.864. The van der Waals surface area contributed by atoms with E-state index in [0.29, 0.717) is 11.0 Å². The first-order valence-corrected chi connectivity index (χ1v) is 8.69. The van der Waals surface area contributed by atoms with E-state index in [2.05, 4.69) is 51.3 Å². The van der Waals surface area contributed by atoms with Gasteiger partial charge in [0.25, 0.3) is 0 Å². The highest BCUT2D eigenvalue weighted by Gasteiger charge is 2.49. The molecule has 0 aromatic rings. The normalized spacial score (nSPS) is 37.2. The van der Waals surface area contributed by atoms with Gasteiger partial charge in [-0.05, 0) is 57.8 Å². The zero-order valence-corrected chi connectivity index (χ0v) is 14.4. The van der Waals surface area contributed by atoms with Gasteiger partial charge in [-0.3, -0.25) is 9.80 Å². The van der Waals surface area contributed by atoms with Gasteiger partial charge >= 0.3 is 0 Å². The van der Waals surface area contributed by atoms with E-state index >= 15 is 0 Å². The molecule has 0 aromatic carbocycles. The Kier molecular flexibility index (Phi) is 3.49. The molecule has 2 heteroatoms. The van der Waals surface area contributed by atoms with Crippen LogP contribution in [0.2, 0.25) is 0 Å². The van der Waals surface area contributed by atoms with Crippen molar-refractivity contribution in [3.05, 3.63) is 0 Å². The summed E-state index contributed by atoms with van der Waals surface area (Å²) in [6.07, 6.45) is 5.82. The first-order chi connectivity index (χ1) is 9.16. The van der Waals surface area contributed by atoms with E-state index in [-0.39, 0.29) is 0 Å². The summed E-state index contributed by atoms with van der Waals surface area (Å²) in [4.78, 5) is 5.58.